The van der Waals surface area contributed by atoms with Crippen LogP contribution in [-0.4, -0.2) is 59.9 Å². The first-order chi connectivity index (χ1) is 19.9. The van der Waals surface area contributed by atoms with Gasteiger partial charge in [-0.2, -0.15) is 0 Å². The van der Waals surface area contributed by atoms with E-state index in [1.54, 1.807) is 66.2 Å². The highest BCUT2D eigenvalue weighted by Crippen LogP contribution is 2.35. The summed E-state index contributed by atoms with van der Waals surface area (Å²) >= 11 is 6.09. The molecule has 10 nitrogen and oxygen atoms in total. The van der Waals surface area contributed by atoms with Crippen LogP contribution in [0.15, 0.2) is 66.9 Å². The number of aromatic nitrogens is 2. The molecule has 210 valence electrons. The van der Waals surface area contributed by atoms with Crippen LogP contribution in [0.1, 0.15) is 23.2 Å². The van der Waals surface area contributed by atoms with Crippen molar-refractivity contribution < 1.29 is 28.5 Å². The van der Waals surface area contributed by atoms with Crippen molar-refractivity contribution >= 4 is 29.4 Å². The second-order valence-corrected chi connectivity index (χ2v) is 10.1. The Morgan fingerprint density at radius 3 is 2.49 bits per heavy atom. The zero-order chi connectivity index (χ0) is 28.5. The SMILES string of the molecule is COc1ccc(-n2cc(-c3ccc(Cl)cc3)nc2NC(=O)CN(C(=O)c2ccc3c(c2)OCO3)C2CC2)cc1OC. The lowest BCUT2D eigenvalue weighted by atomic mass is 10.1. The minimum atomic E-state index is -0.374. The van der Waals surface area contributed by atoms with Gasteiger partial charge in [0, 0.05) is 34.5 Å². The van der Waals surface area contributed by atoms with Gasteiger partial charge in [-0.05, 0) is 55.3 Å². The number of hydrogen-bond donors (Lipinski definition) is 1. The van der Waals surface area contributed by atoms with E-state index in [0.29, 0.717) is 50.9 Å². The van der Waals surface area contributed by atoms with Crippen molar-refractivity contribution in [1.82, 2.24) is 14.5 Å². The molecule has 11 heteroatoms. The number of halogens is 1. The number of carbonyl (C=O) groups excluding carboxylic acids is 2. The Morgan fingerprint density at radius 1 is 1.00 bits per heavy atom. The number of nitrogens with one attached hydrogen (secondary N) is 1. The van der Waals surface area contributed by atoms with Gasteiger partial charge in [-0.15, -0.1) is 0 Å². The topological polar surface area (TPSA) is 104 Å². The van der Waals surface area contributed by atoms with Crippen LogP contribution < -0.4 is 24.3 Å². The molecular formula is C30H27ClN4O6. The lowest BCUT2D eigenvalue weighted by Gasteiger charge is -2.22. The van der Waals surface area contributed by atoms with Gasteiger partial charge in [0.25, 0.3) is 5.91 Å². The summed E-state index contributed by atoms with van der Waals surface area (Å²) in [5.41, 5.74) is 2.58. The predicted molar refractivity (Wildman–Crippen MR) is 152 cm³/mol. The van der Waals surface area contributed by atoms with Gasteiger partial charge in [0.15, 0.2) is 23.0 Å². The minimum absolute atomic E-state index is 0.00565. The zero-order valence-electron chi connectivity index (χ0n) is 22.4. The molecule has 2 heterocycles. The highest BCUT2D eigenvalue weighted by Gasteiger charge is 2.35. The number of ether oxygens (including phenoxy) is 4. The summed E-state index contributed by atoms with van der Waals surface area (Å²) in [7, 11) is 3.12. The number of hydrogen-bond acceptors (Lipinski definition) is 7. The maximum absolute atomic E-state index is 13.4. The highest BCUT2D eigenvalue weighted by atomic mass is 35.5. The fraction of sp³-hybridized carbons (Fsp3) is 0.233. The molecule has 0 spiro atoms. The van der Waals surface area contributed by atoms with Gasteiger partial charge < -0.3 is 23.8 Å². The number of benzene rings is 3. The van der Waals surface area contributed by atoms with Crippen LogP contribution in [0.5, 0.6) is 23.0 Å². The summed E-state index contributed by atoms with van der Waals surface area (Å²) in [5, 5.41) is 3.52. The lowest BCUT2D eigenvalue weighted by Crippen LogP contribution is -2.39. The van der Waals surface area contributed by atoms with Gasteiger partial charge in [-0.25, -0.2) is 4.98 Å². The molecule has 0 saturated heterocycles. The van der Waals surface area contributed by atoms with Crippen molar-refractivity contribution in [3.63, 3.8) is 0 Å². The number of anilines is 1. The molecule has 2 amide bonds. The summed E-state index contributed by atoms with van der Waals surface area (Å²) in [6.45, 7) is -0.0144. The average molecular weight is 575 g/mol. The standard InChI is InChI=1S/C30H27ClN4O6/c1-38-24-12-10-22(14-26(24)39-2)35-15-23(18-3-6-20(31)7-4-18)32-30(35)33-28(36)16-34(21-8-9-21)29(37)19-5-11-25-27(13-19)41-17-40-25/h3-7,10-15,21H,8-9,16-17H2,1-2H3,(H,32,33,36). The quantitative estimate of drug-likeness (QED) is 0.294. The zero-order valence-corrected chi connectivity index (χ0v) is 23.2. The number of rotatable bonds is 9. The molecule has 1 fully saturated rings. The Bertz CT molecular complexity index is 1620. The largest absolute Gasteiger partial charge is 0.493 e. The smallest absolute Gasteiger partial charge is 0.254 e. The molecule has 2 aliphatic rings. The molecule has 1 aliphatic carbocycles. The van der Waals surface area contributed by atoms with Crippen molar-refractivity contribution in [3.8, 4) is 39.9 Å². The normalized spacial score (nSPS) is 13.5. The third-order valence-corrected chi connectivity index (χ3v) is 7.18. The Labute approximate surface area is 241 Å². The van der Waals surface area contributed by atoms with Gasteiger partial charge in [0.05, 0.1) is 25.6 Å². The fourth-order valence-corrected chi connectivity index (χ4v) is 4.79. The fourth-order valence-electron chi connectivity index (χ4n) is 4.67. The van der Waals surface area contributed by atoms with Crippen molar-refractivity contribution in [2.75, 3.05) is 32.9 Å². The number of fused-ring (bicyclic) bond motifs is 1. The molecule has 1 N–H and O–H groups in total. The summed E-state index contributed by atoms with van der Waals surface area (Å²) < 4.78 is 23.4. The maximum atomic E-state index is 13.4. The maximum Gasteiger partial charge on any atom is 0.254 e. The van der Waals surface area contributed by atoms with Crippen LogP contribution in [0.4, 0.5) is 5.95 Å². The van der Waals surface area contributed by atoms with Crippen LogP contribution in [-0.2, 0) is 4.79 Å². The molecule has 0 atom stereocenters. The van der Waals surface area contributed by atoms with Crippen molar-refractivity contribution in [1.29, 1.82) is 0 Å². The second-order valence-electron chi connectivity index (χ2n) is 9.65. The van der Waals surface area contributed by atoms with Crippen LogP contribution in [0.25, 0.3) is 16.9 Å². The number of methoxy groups -OCH3 is 2. The van der Waals surface area contributed by atoms with Crippen LogP contribution in [0, 0.1) is 0 Å². The summed E-state index contributed by atoms with van der Waals surface area (Å²) in [6, 6.07) is 17.7. The van der Waals surface area contributed by atoms with E-state index >= 15 is 0 Å². The van der Waals surface area contributed by atoms with E-state index in [4.69, 9.17) is 35.5 Å². The van der Waals surface area contributed by atoms with Gasteiger partial charge in [0.1, 0.15) is 6.54 Å². The summed E-state index contributed by atoms with van der Waals surface area (Å²) in [6.07, 6.45) is 3.49. The van der Waals surface area contributed by atoms with E-state index in [1.807, 2.05) is 24.4 Å². The molecule has 6 rings (SSSR count). The summed E-state index contributed by atoms with van der Waals surface area (Å²) in [4.78, 5) is 33.2. The average Bonchev–Trinajstić information content (AvgIpc) is 3.58. The number of nitrogens with zero attached hydrogens (tertiary/aromatic N) is 3. The van der Waals surface area contributed by atoms with E-state index in [2.05, 4.69) is 5.32 Å². The molecule has 1 aliphatic heterocycles. The van der Waals surface area contributed by atoms with E-state index < -0.39 is 0 Å². The first kappa shape index (κ1) is 26.5. The molecular weight excluding hydrogens is 548 g/mol. The second kappa shape index (κ2) is 11.1. The van der Waals surface area contributed by atoms with E-state index in [1.165, 1.54) is 0 Å². The van der Waals surface area contributed by atoms with Gasteiger partial charge >= 0.3 is 0 Å². The van der Waals surface area contributed by atoms with E-state index in [9.17, 15) is 9.59 Å². The monoisotopic (exact) mass is 574 g/mol. The number of carbonyl (C=O) groups is 2. The van der Waals surface area contributed by atoms with E-state index in [0.717, 1.165) is 18.4 Å². The van der Waals surface area contributed by atoms with Gasteiger partial charge in [-0.3, -0.25) is 19.5 Å². The molecule has 1 saturated carbocycles. The molecule has 4 aromatic rings. The Balaban J connectivity index is 1.28. The van der Waals surface area contributed by atoms with Crippen molar-refractivity contribution in [2.24, 2.45) is 0 Å². The Hall–Kier alpha value is -4.70. The first-order valence-corrected chi connectivity index (χ1v) is 13.4. The molecule has 41 heavy (non-hydrogen) atoms. The molecule has 0 bridgehead atoms. The highest BCUT2D eigenvalue weighted by molar-refractivity contribution is 6.30. The molecule has 0 unspecified atom stereocenters. The molecule has 1 aromatic heterocycles. The first-order valence-electron chi connectivity index (χ1n) is 13.0. The third-order valence-electron chi connectivity index (χ3n) is 6.92. The molecule has 3 aromatic carbocycles. The van der Waals surface area contributed by atoms with Crippen LogP contribution in [0.2, 0.25) is 5.02 Å². The van der Waals surface area contributed by atoms with Gasteiger partial charge in [0.2, 0.25) is 18.6 Å². The lowest BCUT2D eigenvalue weighted by molar-refractivity contribution is -0.117. The van der Waals surface area contributed by atoms with E-state index in [-0.39, 0.29) is 31.2 Å². The molecule has 0 radical (unpaired) electrons. The van der Waals surface area contributed by atoms with Crippen molar-refractivity contribution in [3.05, 3.63) is 77.4 Å². The Morgan fingerprint density at radius 2 is 1.76 bits per heavy atom. The van der Waals surface area contributed by atoms with Gasteiger partial charge in [-0.1, -0.05) is 23.7 Å². The van der Waals surface area contributed by atoms with Crippen LogP contribution in [0.3, 0.4) is 0 Å². The predicted octanol–water partition coefficient (Wildman–Crippen LogP) is 5.18. The Kier molecular flexibility index (Phi) is 7.15. The number of imidazole rings is 1. The minimum Gasteiger partial charge on any atom is -0.493 e. The summed E-state index contributed by atoms with van der Waals surface area (Å²) in [5.74, 6) is 1.88. The number of amides is 2. The van der Waals surface area contributed by atoms with Crippen molar-refractivity contribution in [2.45, 2.75) is 18.9 Å². The van der Waals surface area contributed by atoms with Crippen LogP contribution >= 0.6 is 11.6 Å². The third kappa shape index (κ3) is 5.51.